The van der Waals surface area contributed by atoms with Gasteiger partial charge in [0.25, 0.3) is 0 Å². The first-order valence-electron chi connectivity index (χ1n) is 12.0. The summed E-state index contributed by atoms with van der Waals surface area (Å²) in [4.78, 5) is 38.6. The third kappa shape index (κ3) is 3.07. The van der Waals surface area contributed by atoms with Crippen LogP contribution in [0.3, 0.4) is 0 Å². The predicted octanol–water partition coefficient (Wildman–Crippen LogP) is 5.43. The van der Waals surface area contributed by atoms with E-state index in [4.69, 9.17) is 0 Å². The highest BCUT2D eigenvalue weighted by Crippen LogP contribution is 2.70. The lowest BCUT2D eigenvalue weighted by atomic mass is 9.45. The lowest BCUT2D eigenvalue weighted by Gasteiger charge is -2.61. The van der Waals surface area contributed by atoms with Crippen molar-refractivity contribution in [2.24, 2.45) is 34.5 Å². The standard InChI is InChI=1S/C28H30BrFO4/c1-15(31)24-20(25(34)16-4-7-18(29)8-5-16)13-22-21-9-6-17-12-19(32)10-11-27(17,3)28(21,30)23(33)14-26(22,24)2/h4-5,7-8,10-12,20-24,33H,6,9,13-14H2,1-3H3/t20-,21+,22+,23+,24+,26+,27+,28+/m1/s1. The quantitative estimate of drug-likeness (QED) is 0.530. The molecule has 0 aliphatic heterocycles. The van der Waals surface area contributed by atoms with Gasteiger partial charge in [-0.3, -0.25) is 14.4 Å². The van der Waals surface area contributed by atoms with E-state index in [2.05, 4.69) is 15.9 Å². The van der Waals surface area contributed by atoms with Gasteiger partial charge in [-0.05, 0) is 75.1 Å². The second-order valence-corrected chi connectivity index (χ2v) is 12.1. The molecule has 0 spiro atoms. The number of halogens is 2. The van der Waals surface area contributed by atoms with Crippen molar-refractivity contribution >= 4 is 33.3 Å². The normalized spacial score (nSPS) is 42.9. The number of aliphatic hydroxyl groups is 1. The molecule has 4 aliphatic carbocycles. The fraction of sp³-hybridized carbons (Fsp3) is 0.536. The summed E-state index contributed by atoms with van der Waals surface area (Å²) in [5.74, 6) is -2.16. The number of hydrogen-bond acceptors (Lipinski definition) is 4. The van der Waals surface area contributed by atoms with E-state index in [-0.39, 0.29) is 29.7 Å². The van der Waals surface area contributed by atoms with Crippen molar-refractivity contribution in [3.63, 3.8) is 0 Å². The Morgan fingerprint density at radius 1 is 1.15 bits per heavy atom. The minimum atomic E-state index is -1.96. The van der Waals surface area contributed by atoms with Gasteiger partial charge < -0.3 is 5.11 Å². The summed E-state index contributed by atoms with van der Waals surface area (Å²) in [5.41, 5.74) is -2.44. The average Bonchev–Trinajstić information content (AvgIpc) is 3.08. The number of allylic oxidation sites excluding steroid dienone is 4. The number of fused-ring (bicyclic) bond motifs is 5. The van der Waals surface area contributed by atoms with Crippen molar-refractivity contribution in [2.45, 2.75) is 58.2 Å². The number of benzene rings is 1. The zero-order chi connectivity index (χ0) is 24.6. The number of carbonyl (C=O) groups is 3. The Bertz CT molecular complexity index is 1140. The Kier molecular flexibility index (Phi) is 5.45. The fourth-order valence-corrected chi connectivity index (χ4v) is 8.36. The van der Waals surface area contributed by atoms with E-state index >= 15 is 4.39 Å². The van der Waals surface area contributed by atoms with Crippen molar-refractivity contribution in [1.82, 2.24) is 0 Å². The molecular weight excluding hydrogens is 499 g/mol. The Morgan fingerprint density at radius 2 is 1.82 bits per heavy atom. The molecule has 180 valence electrons. The molecule has 1 aromatic carbocycles. The zero-order valence-corrected chi connectivity index (χ0v) is 21.3. The monoisotopic (exact) mass is 528 g/mol. The summed E-state index contributed by atoms with van der Waals surface area (Å²) in [6.45, 7) is 5.26. The first-order valence-corrected chi connectivity index (χ1v) is 12.8. The molecule has 6 heteroatoms. The van der Waals surface area contributed by atoms with Crippen LogP contribution in [0.4, 0.5) is 4.39 Å². The maximum absolute atomic E-state index is 17.3. The molecule has 1 N–H and O–H groups in total. The van der Waals surface area contributed by atoms with Crippen molar-refractivity contribution in [1.29, 1.82) is 0 Å². The molecule has 0 heterocycles. The lowest BCUT2D eigenvalue weighted by molar-refractivity contribution is -0.195. The first kappa shape index (κ1) is 23.8. The van der Waals surface area contributed by atoms with Crippen molar-refractivity contribution < 1.29 is 23.9 Å². The van der Waals surface area contributed by atoms with Crippen molar-refractivity contribution in [3.8, 4) is 0 Å². The SMILES string of the molecule is CC(=O)[C@H]1[C@H](C(=O)c2ccc(Br)cc2)C[C@H]2[C@@H]3CCC4=CC(=O)C=C[C@]4(C)[C@@]3(F)[C@@H](O)C[C@@]21C. The third-order valence-corrected chi connectivity index (χ3v) is 10.1. The molecule has 34 heavy (non-hydrogen) atoms. The zero-order valence-electron chi connectivity index (χ0n) is 19.7. The number of aliphatic hydroxyl groups excluding tert-OH is 1. The number of alkyl halides is 1. The number of Topliss-reactive ketones (excluding diaryl/α,β-unsaturated/α-hetero) is 2. The molecule has 0 radical (unpaired) electrons. The second-order valence-electron chi connectivity index (χ2n) is 11.2. The summed E-state index contributed by atoms with van der Waals surface area (Å²) < 4.78 is 18.1. The van der Waals surface area contributed by atoms with Gasteiger partial charge in [-0.1, -0.05) is 46.6 Å². The number of hydrogen-bond donors (Lipinski definition) is 1. The van der Waals surface area contributed by atoms with Gasteiger partial charge in [-0.25, -0.2) is 4.39 Å². The van der Waals surface area contributed by atoms with Gasteiger partial charge in [0.2, 0.25) is 0 Å². The first-order chi connectivity index (χ1) is 15.9. The number of rotatable bonds is 3. The van der Waals surface area contributed by atoms with Crippen molar-refractivity contribution in [2.75, 3.05) is 0 Å². The van der Waals surface area contributed by atoms with Gasteiger partial charge in [-0.2, -0.15) is 0 Å². The summed E-state index contributed by atoms with van der Waals surface area (Å²) in [5, 5.41) is 11.4. The van der Waals surface area contributed by atoms with Crippen LogP contribution in [-0.2, 0) is 9.59 Å². The van der Waals surface area contributed by atoms with Crippen LogP contribution in [0.15, 0.2) is 52.5 Å². The minimum Gasteiger partial charge on any atom is -0.390 e. The molecule has 1 aromatic rings. The van der Waals surface area contributed by atoms with E-state index in [1.807, 2.05) is 19.1 Å². The minimum absolute atomic E-state index is 0.0789. The summed E-state index contributed by atoms with van der Waals surface area (Å²) in [7, 11) is 0. The summed E-state index contributed by atoms with van der Waals surface area (Å²) >= 11 is 3.39. The molecule has 8 atom stereocenters. The molecule has 0 bridgehead atoms. The molecule has 5 rings (SSSR count). The van der Waals surface area contributed by atoms with Crippen LogP contribution in [0, 0.1) is 34.5 Å². The largest absolute Gasteiger partial charge is 0.390 e. The second kappa shape index (κ2) is 7.79. The van der Waals surface area contributed by atoms with Gasteiger partial charge in [-0.15, -0.1) is 0 Å². The molecular formula is C28H30BrFO4. The number of ketones is 3. The lowest BCUT2D eigenvalue weighted by Crippen LogP contribution is -2.66. The van der Waals surface area contributed by atoms with E-state index in [0.29, 0.717) is 24.8 Å². The van der Waals surface area contributed by atoms with E-state index in [1.54, 1.807) is 25.1 Å². The maximum Gasteiger partial charge on any atom is 0.178 e. The summed E-state index contributed by atoms with van der Waals surface area (Å²) in [6, 6.07) is 7.13. The molecule has 3 fully saturated rings. The van der Waals surface area contributed by atoms with Gasteiger partial charge in [0.1, 0.15) is 5.78 Å². The fourth-order valence-electron chi connectivity index (χ4n) is 8.10. The van der Waals surface area contributed by atoms with Crippen LogP contribution >= 0.6 is 15.9 Å². The van der Waals surface area contributed by atoms with E-state index in [9.17, 15) is 19.5 Å². The molecule has 0 unspecified atom stereocenters. The molecule has 0 aromatic heterocycles. The van der Waals surface area contributed by atoms with Crippen molar-refractivity contribution in [3.05, 3.63) is 58.1 Å². The smallest absolute Gasteiger partial charge is 0.178 e. The van der Waals surface area contributed by atoms with Crippen LogP contribution in [0.1, 0.15) is 56.8 Å². The summed E-state index contributed by atoms with van der Waals surface area (Å²) in [6.07, 6.45) is 4.85. The number of carbonyl (C=O) groups excluding carboxylic acids is 3. The highest BCUT2D eigenvalue weighted by molar-refractivity contribution is 9.10. The van der Waals surface area contributed by atoms with Crippen LogP contribution < -0.4 is 0 Å². The molecule has 4 nitrogen and oxygen atoms in total. The van der Waals surface area contributed by atoms with Gasteiger partial charge in [0, 0.05) is 33.2 Å². The van der Waals surface area contributed by atoms with Crippen LogP contribution in [0.5, 0.6) is 0 Å². The van der Waals surface area contributed by atoms with Crippen LogP contribution in [-0.4, -0.2) is 34.2 Å². The Labute approximate surface area is 207 Å². The highest BCUT2D eigenvalue weighted by atomic mass is 79.9. The molecule has 0 saturated heterocycles. The van der Waals surface area contributed by atoms with E-state index in [1.165, 1.54) is 19.1 Å². The molecule has 3 saturated carbocycles. The maximum atomic E-state index is 17.3. The van der Waals surface area contributed by atoms with Crippen LogP contribution in [0.2, 0.25) is 0 Å². The van der Waals surface area contributed by atoms with Crippen LogP contribution in [0.25, 0.3) is 0 Å². The van der Waals surface area contributed by atoms with E-state index in [0.717, 1.165) is 10.0 Å². The highest BCUT2D eigenvalue weighted by Gasteiger charge is 2.72. The average molecular weight is 529 g/mol. The predicted molar refractivity (Wildman–Crippen MR) is 130 cm³/mol. The topological polar surface area (TPSA) is 71.4 Å². The molecule has 0 amide bonds. The van der Waals surface area contributed by atoms with Gasteiger partial charge >= 0.3 is 0 Å². The third-order valence-electron chi connectivity index (χ3n) is 9.60. The van der Waals surface area contributed by atoms with Gasteiger partial charge in [0.15, 0.2) is 17.2 Å². The van der Waals surface area contributed by atoms with Gasteiger partial charge in [0.05, 0.1) is 6.10 Å². The molecule has 4 aliphatic rings. The Balaban J connectivity index is 1.58. The Morgan fingerprint density at radius 3 is 2.47 bits per heavy atom. The van der Waals surface area contributed by atoms with E-state index < -0.39 is 40.4 Å². The Hall–Kier alpha value is -1.92.